The van der Waals surface area contributed by atoms with Crippen LogP contribution in [-0.4, -0.2) is 97.2 Å². The van der Waals surface area contributed by atoms with Gasteiger partial charge in [0.05, 0.1) is 22.6 Å². The second-order valence-electron chi connectivity index (χ2n) is 14.1. The Morgan fingerprint density at radius 1 is 1.04 bits per heavy atom. The first-order valence-corrected chi connectivity index (χ1v) is 22.2. The molecule has 4 aromatic rings. The summed E-state index contributed by atoms with van der Waals surface area (Å²) in [5.74, 6) is 0.657. The van der Waals surface area contributed by atoms with E-state index < -0.39 is 17.9 Å². The Bertz CT molecular complexity index is 1850. The van der Waals surface area contributed by atoms with E-state index in [-0.39, 0.29) is 23.5 Å². The number of sulfone groups is 1. The van der Waals surface area contributed by atoms with Gasteiger partial charge in [-0.25, -0.2) is 18.4 Å². The zero-order valence-corrected chi connectivity index (χ0v) is 29.9. The van der Waals surface area contributed by atoms with Crippen LogP contribution in [0.2, 0.25) is 25.7 Å². The number of nitrogens with two attached hydrogens (primary N) is 1. The minimum absolute atomic E-state index is 0.103. The molecule has 1 aromatic carbocycles. The van der Waals surface area contributed by atoms with E-state index >= 15 is 0 Å². The third-order valence-corrected chi connectivity index (χ3v) is 12.3. The number of benzene rings is 1. The van der Waals surface area contributed by atoms with Crippen LogP contribution in [-0.2, 0) is 27.8 Å². The standard InChI is InChI=1S/C34H46N8O4SSi/c1-48(2,3)18-15-46-24-42-31(20-29-32(37-23-38-33(29)42)41-13-16-47(44,45)17-14-41)26-6-8-28(9-7-26)39-34(43)30-19-25(10-11-36-30)21-40-12-4-5-27(35)22-40/h6-11,19-20,23,27H,4-5,12-18,21-22,24,35H2,1-3H3,(H,39,43)/t27-/m1/s1. The number of amides is 1. The summed E-state index contributed by atoms with van der Waals surface area (Å²) in [4.78, 5) is 31.1. The van der Waals surface area contributed by atoms with Crippen molar-refractivity contribution in [2.45, 2.75) is 57.8 Å². The molecule has 3 N–H and O–H groups in total. The number of carbonyl (C=O) groups excluding carboxylic acids is 1. The lowest BCUT2D eigenvalue weighted by atomic mass is 10.1. The molecule has 0 aliphatic carbocycles. The molecule has 1 atom stereocenters. The molecule has 0 unspecified atom stereocenters. The van der Waals surface area contributed by atoms with E-state index in [0.717, 1.165) is 72.2 Å². The monoisotopic (exact) mass is 690 g/mol. The van der Waals surface area contributed by atoms with Crippen LogP contribution < -0.4 is 16.0 Å². The maximum atomic E-state index is 13.2. The van der Waals surface area contributed by atoms with Crippen LogP contribution in [0.5, 0.6) is 0 Å². The fourth-order valence-corrected chi connectivity index (χ4v) is 8.20. The van der Waals surface area contributed by atoms with Gasteiger partial charge in [-0.05, 0) is 66.9 Å². The number of hydrogen-bond donors (Lipinski definition) is 2. The molecule has 0 spiro atoms. The van der Waals surface area contributed by atoms with Gasteiger partial charge < -0.3 is 25.3 Å². The fourth-order valence-electron chi connectivity index (χ4n) is 6.24. The quantitative estimate of drug-likeness (QED) is 0.173. The first kappa shape index (κ1) is 34.2. The van der Waals surface area contributed by atoms with Crippen molar-refractivity contribution in [1.29, 1.82) is 0 Å². The lowest BCUT2D eigenvalue weighted by Crippen LogP contribution is -2.42. The summed E-state index contributed by atoms with van der Waals surface area (Å²) in [6.45, 7) is 11.3. The van der Waals surface area contributed by atoms with Crippen molar-refractivity contribution in [2.75, 3.05) is 54.5 Å². The number of aromatic nitrogens is 4. The first-order chi connectivity index (χ1) is 22.9. The highest BCUT2D eigenvalue weighted by atomic mass is 32.2. The Labute approximate surface area is 283 Å². The Balaban J connectivity index is 1.22. The van der Waals surface area contributed by atoms with Crippen molar-refractivity contribution < 1.29 is 17.9 Å². The number of fused-ring (bicyclic) bond motifs is 1. The molecule has 0 bridgehead atoms. The summed E-state index contributed by atoms with van der Waals surface area (Å²) in [6, 6.07) is 14.8. The van der Waals surface area contributed by atoms with Crippen molar-refractivity contribution in [3.63, 3.8) is 0 Å². The number of pyridine rings is 1. The highest BCUT2D eigenvalue weighted by molar-refractivity contribution is 7.91. The zero-order valence-electron chi connectivity index (χ0n) is 28.1. The fraction of sp³-hybridized carbons (Fsp3) is 0.471. The molecule has 2 fully saturated rings. The molecule has 0 saturated carbocycles. The van der Waals surface area contributed by atoms with Gasteiger partial charge in [0.25, 0.3) is 5.91 Å². The zero-order chi connectivity index (χ0) is 33.9. The second kappa shape index (κ2) is 14.4. The molecule has 2 saturated heterocycles. The third kappa shape index (κ3) is 8.47. The lowest BCUT2D eigenvalue weighted by Gasteiger charge is -2.30. The molecule has 6 rings (SSSR count). The van der Waals surface area contributed by atoms with E-state index in [0.29, 0.717) is 37.8 Å². The van der Waals surface area contributed by atoms with E-state index in [1.54, 1.807) is 6.20 Å². The van der Waals surface area contributed by atoms with Crippen molar-refractivity contribution >= 4 is 46.4 Å². The van der Waals surface area contributed by atoms with Crippen molar-refractivity contribution in [2.24, 2.45) is 5.73 Å². The molecule has 5 heterocycles. The molecule has 12 nitrogen and oxygen atoms in total. The summed E-state index contributed by atoms with van der Waals surface area (Å²) in [6.07, 6.45) is 5.35. The number of nitrogens with one attached hydrogen (secondary N) is 1. The van der Waals surface area contributed by atoms with Crippen LogP contribution in [0, 0.1) is 0 Å². The minimum atomic E-state index is -3.04. The van der Waals surface area contributed by atoms with Gasteiger partial charge in [0, 0.05) is 58.8 Å². The summed E-state index contributed by atoms with van der Waals surface area (Å²) in [5.41, 5.74) is 10.8. The average Bonchev–Trinajstić information content (AvgIpc) is 3.42. The maximum Gasteiger partial charge on any atom is 0.274 e. The van der Waals surface area contributed by atoms with Gasteiger partial charge in [0.2, 0.25) is 0 Å². The van der Waals surface area contributed by atoms with Gasteiger partial charge in [0.15, 0.2) is 9.84 Å². The van der Waals surface area contributed by atoms with Gasteiger partial charge in [-0.15, -0.1) is 0 Å². The summed E-state index contributed by atoms with van der Waals surface area (Å²) >= 11 is 0. The van der Waals surface area contributed by atoms with Gasteiger partial charge in [-0.3, -0.25) is 14.7 Å². The van der Waals surface area contributed by atoms with Crippen LogP contribution in [0.15, 0.2) is 55.0 Å². The molecule has 3 aromatic heterocycles. The Kier molecular flexibility index (Phi) is 10.3. The Morgan fingerprint density at radius 2 is 1.81 bits per heavy atom. The SMILES string of the molecule is C[Si](C)(C)CCOCn1c(-c2ccc(NC(=O)c3cc(CN4CCC[C@@H](N)C4)ccn3)cc2)cc2c(N3CCS(=O)(=O)CC3)ncnc21. The predicted octanol–water partition coefficient (Wildman–Crippen LogP) is 4.22. The van der Waals surface area contributed by atoms with Crippen molar-refractivity contribution in [3.05, 3.63) is 66.2 Å². The molecule has 48 heavy (non-hydrogen) atoms. The van der Waals surface area contributed by atoms with Gasteiger partial charge in [-0.2, -0.15) is 0 Å². The largest absolute Gasteiger partial charge is 0.361 e. The number of piperidine rings is 1. The molecule has 1 amide bonds. The summed E-state index contributed by atoms with van der Waals surface area (Å²) in [7, 11) is -4.31. The maximum absolute atomic E-state index is 13.2. The number of nitrogens with zero attached hydrogens (tertiary/aromatic N) is 6. The second-order valence-corrected chi connectivity index (χ2v) is 22.0. The van der Waals surface area contributed by atoms with Crippen molar-refractivity contribution in [3.8, 4) is 11.3 Å². The lowest BCUT2D eigenvalue weighted by molar-refractivity contribution is 0.0909. The summed E-state index contributed by atoms with van der Waals surface area (Å²) < 4.78 is 32.5. The van der Waals surface area contributed by atoms with E-state index in [4.69, 9.17) is 10.5 Å². The topological polar surface area (TPSA) is 149 Å². The normalized spacial score (nSPS) is 18.7. The van der Waals surface area contributed by atoms with Crippen molar-refractivity contribution in [1.82, 2.24) is 24.4 Å². The number of rotatable bonds is 11. The molecular formula is C34H46N8O4SSi. The van der Waals surface area contributed by atoms with Crippen LogP contribution in [0.3, 0.4) is 0 Å². The third-order valence-electron chi connectivity index (χ3n) is 8.97. The minimum Gasteiger partial charge on any atom is -0.361 e. The van der Waals surface area contributed by atoms with Gasteiger partial charge in [0.1, 0.15) is 30.2 Å². The number of ether oxygens (including phenoxy) is 1. The van der Waals surface area contributed by atoms with Crippen LogP contribution >= 0.6 is 0 Å². The molecule has 0 radical (unpaired) electrons. The number of hydrogen-bond acceptors (Lipinski definition) is 10. The first-order valence-electron chi connectivity index (χ1n) is 16.7. The molecule has 14 heteroatoms. The molecule has 256 valence electrons. The highest BCUT2D eigenvalue weighted by Gasteiger charge is 2.26. The van der Waals surface area contributed by atoms with E-state index in [1.165, 1.54) is 6.33 Å². The van der Waals surface area contributed by atoms with Gasteiger partial charge in [-0.1, -0.05) is 31.8 Å². The van der Waals surface area contributed by atoms with Crippen LogP contribution in [0.4, 0.5) is 11.5 Å². The summed E-state index contributed by atoms with van der Waals surface area (Å²) in [5, 5.41) is 3.83. The van der Waals surface area contributed by atoms with Crippen LogP contribution in [0.25, 0.3) is 22.3 Å². The Morgan fingerprint density at radius 3 is 2.54 bits per heavy atom. The van der Waals surface area contributed by atoms with E-state index in [9.17, 15) is 13.2 Å². The highest BCUT2D eigenvalue weighted by Crippen LogP contribution is 2.33. The van der Waals surface area contributed by atoms with Gasteiger partial charge >= 0.3 is 0 Å². The number of carbonyl (C=O) groups is 1. The molecular weight excluding hydrogens is 645 g/mol. The number of anilines is 2. The average molecular weight is 691 g/mol. The smallest absolute Gasteiger partial charge is 0.274 e. The Hall–Kier alpha value is -3.69. The van der Waals surface area contributed by atoms with Crippen LogP contribution in [0.1, 0.15) is 28.9 Å². The van der Waals surface area contributed by atoms with E-state index in [1.807, 2.05) is 51.9 Å². The molecule has 2 aliphatic heterocycles. The van der Waals surface area contributed by atoms with E-state index in [2.05, 4.69) is 44.8 Å². The number of likely N-dealkylation sites (tertiary alicyclic amines) is 1. The predicted molar refractivity (Wildman–Crippen MR) is 193 cm³/mol. The molecule has 2 aliphatic rings.